The van der Waals surface area contributed by atoms with Crippen molar-refractivity contribution in [3.8, 4) is 0 Å². The average Bonchev–Trinajstić information content (AvgIpc) is 3.13. The second-order valence-corrected chi connectivity index (χ2v) is 9.86. The molecule has 2 heterocycles. The van der Waals surface area contributed by atoms with Gasteiger partial charge >= 0.3 is 6.18 Å². The summed E-state index contributed by atoms with van der Waals surface area (Å²) in [5.41, 5.74) is 0.0730. The van der Waals surface area contributed by atoms with Crippen molar-refractivity contribution in [3.63, 3.8) is 0 Å². The fourth-order valence-electron chi connectivity index (χ4n) is 4.93. The molecule has 39 heavy (non-hydrogen) atoms. The van der Waals surface area contributed by atoms with E-state index in [2.05, 4.69) is 30.8 Å². The number of anilines is 3. The molecule has 2 fully saturated rings. The van der Waals surface area contributed by atoms with Gasteiger partial charge in [0.15, 0.2) is 0 Å². The highest BCUT2D eigenvalue weighted by Gasteiger charge is 2.37. The Morgan fingerprint density at radius 2 is 1.67 bits per heavy atom. The first-order valence-corrected chi connectivity index (χ1v) is 12.9. The van der Waals surface area contributed by atoms with Crippen LogP contribution in [-0.4, -0.2) is 77.9 Å². The van der Waals surface area contributed by atoms with Gasteiger partial charge in [0.05, 0.1) is 5.92 Å². The molecule has 4 rings (SSSR count). The van der Waals surface area contributed by atoms with Crippen LogP contribution >= 0.6 is 0 Å². The molecule has 0 radical (unpaired) electrons. The van der Waals surface area contributed by atoms with Crippen LogP contribution < -0.4 is 16.0 Å². The molecule has 214 valence electrons. The molecule has 2 aliphatic rings. The molecule has 9 nitrogen and oxygen atoms in total. The highest BCUT2D eigenvalue weighted by molar-refractivity contribution is 5.94. The zero-order chi connectivity index (χ0) is 27.3. The van der Waals surface area contributed by atoms with Crippen LogP contribution in [0.25, 0.3) is 0 Å². The van der Waals surface area contributed by atoms with Gasteiger partial charge in [0.25, 0.3) is 5.91 Å². The molecule has 1 saturated heterocycles. The maximum atomic E-state index is 13.8. The van der Waals surface area contributed by atoms with Gasteiger partial charge in [0.1, 0.15) is 11.4 Å². The molecule has 1 aromatic carbocycles. The predicted molar refractivity (Wildman–Crippen MR) is 145 cm³/mol. The van der Waals surface area contributed by atoms with Crippen molar-refractivity contribution < 1.29 is 22.8 Å². The van der Waals surface area contributed by atoms with Crippen LogP contribution in [0.4, 0.5) is 30.6 Å². The lowest BCUT2D eigenvalue weighted by atomic mass is 9.93. The van der Waals surface area contributed by atoms with Gasteiger partial charge in [0, 0.05) is 56.7 Å². The molecule has 2 aromatic rings. The van der Waals surface area contributed by atoms with E-state index in [0.29, 0.717) is 37.2 Å². The van der Waals surface area contributed by atoms with E-state index in [1.165, 1.54) is 7.05 Å². The summed E-state index contributed by atoms with van der Waals surface area (Å²) in [4.78, 5) is 37.2. The number of alkyl halides is 3. The number of nitrogens with zero attached hydrogens (tertiary/aromatic N) is 4. The van der Waals surface area contributed by atoms with Crippen molar-refractivity contribution in [1.29, 1.82) is 0 Å². The molecule has 1 aliphatic heterocycles. The van der Waals surface area contributed by atoms with Crippen molar-refractivity contribution in [2.45, 2.75) is 51.7 Å². The van der Waals surface area contributed by atoms with Crippen LogP contribution in [0.5, 0.6) is 0 Å². The minimum absolute atomic E-state index is 0. The minimum atomic E-state index is -4.67. The summed E-state index contributed by atoms with van der Waals surface area (Å²) in [6.07, 6.45) is -0.206. The van der Waals surface area contributed by atoms with Gasteiger partial charge < -0.3 is 25.8 Å². The van der Waals surface area contributed by atoms with Crippen LogP contribution in [0.2, 0.25) is 0 Å². The zero-order valence-corrected chi connectivity index (χ0v) is 21.6. The summed E-state index contributed by atoms with van der Waals surface area (Å²) >= 11 is 0. The van der Waals surface area contributed by atoms with Gasteiger partial charge in [-0.15, -0.1) is 0 Å². The molecule has 0 bridgehead atoms. The summed E-state index contributed by atoms with van der Waals surface area (Å²) in [5, 5.41) is 8.48. The first kappa shape index (κ1) is 30.1. The molecule has 0 spiro atoms. The Hall–Kier alpha value is -3.41. The Morgan fingerprint density at radius 1 is 1.00 bits per heavy atom. The van der Waals surface area contributed by atoms with Crippen molar-refractivity contribution >= 4 is 29.3 Å². The third-order valence-corrected chi connectivity index (χ3v) is 7.19. The summed E-state index contributed by atoms with van der Waals surface area (Å²) in [6, 6.07) is 6.20. The number of aromatic nitrogens is 2. The lowest BCUT2D eigenvalue weighted by molar-refractivity contribution is -0.137. The molecular formula is C27H38F3N7O2. The number of amides is 2. The number of benzene rings is 1. The second-order valence-electron chi connectivity index (χ2n) is 9.86. The lowest BCUT2D eigenvalue weighted by Crippen LogP contribution is -2.47. The summed E-state index contributed by atoms with van der Waals surface area (Å²) in [7, 11) is 3.55. The van der Waals surface area contributed by atoms with Gasteiger partial charge in [-0.05, 0) is 44.2 Å². The van der Waals surface area contributed by atoms with Gasteiger partial charge in [-0.3, -0.25) is 9.59 Å². The summed E-state index contributed by atoms with van der Waals surface area (Å²) in [6.45, 7) is 2.95. The second kappa shape index (κ2) is 13.1. The summed E-state index contributed by atoms with van der Waals surface area (Å²) in [5.74, 6) is -1.10. The number of rotatable bonds is 6. The van der Waals surface area contributed by atoms with Gasteiger partial charge in [-0.25, -0.2) is 4.98 Å². The van der Waals surface area contributed by atoms with Gasteiger partial charge in [-0.1, -0.05) is 26.7 Å². The highest BCUT2D eigenvalue weighted by Crippen LogP contribution is 2.36. The van der Waals surface area contributed by atoms with E-state index in [9.17, 15) is 22.8 Å². The number of carbonyl (C=O) groups is 2. The Morgan fingerprint density at radius 3 is 2.31 bits per heavy atom. The van der Waals surface area contributed by atoms with E-state index in [1.807, 2.05) is 7.05 Å². The minimum Gasteiger partial charge on any atom is -0.366 e. The van der Waals surface area contributed by atoms with Crippen molar-refractivity contribution in [1.82, 2.24) is 25.1 Å². The number of halogens is 3. The molecule has 1 aromatic heterocycles. The molecule has 1 aliphatic carbocycles. The standard InChI is InChI=1S/C26H34F3N7O2.CH4/c1-30-23(37)19-6-4-3-5-7-21(19)33-22-20(26(27,28)29)16-31-25(34-22)32-18-10-8-17(9-11-18)24(38)36-14-12-35(2)13-15-36;/h8-11,16,19,21H,3-7,12-15H2,1-2H3,(H,30,37)(H2,31,32,33,34);1H4/t19-,21+;/m0./s1. The van der Waals surface area contributed by atoms with Crippen LogP contribution in [-0.2, 0) is 11.0 Å². The number of nitrogens with one attached hydrogen (secondary N) is 3. The van der Waals surface area contributed by atoms with Gasteiger partial charge in [0.2, 0.25) is 11.9 Å². The Bertz CT molecular complexity index is 1120. The fourth-order valence-corrected chi connectivity index (χ4v) is 4.93. The topological polar surface area (TPSA) is 102 Å². The largest absolute Gasteiger partial charge is 0.421 e. The van der Waals surface area contributed by atoms with Crippen molar-refractivity contribution in [2.24, 2.45) is 5.92 Å². The first-order valence-electron chi connectivity index (χ1n) is 12.9. The number of likely N-dealkylation sites (N-methyl/N-ethyl adjacent to an activating group) is 1. The van der Waals surface area contributed by atoms with Crippen LogP contribution in [0.1, 0.15) is 55.5 Å². The Labute approximate surface area is 227 Å². The van der Waals surface area contributed by atoms with E-state index in [0.717, 1.165) is 38.5 Å². The van der Waals surface area contributed by atoms with E-state index < -0.39 is 23.7 Å². The normalized spacial score (nSPS) is 20.4. The number of hydrogen-bond acceptors (Lipinski definition) is 7. The van der Waals surface area contributed by atoms with E-state index >= 15 is 0 Å². The molecule has 1 saturated carbocycles. The highest BCUT2D eigenvalue weighted by atomic mass is 19.4. The number of hydrogen-bond donors (Lipinski definition) is 3. The van der Waals surface area contributed by atoms with Crippen LogP contribution in [0, 0.1) is 5.92 Å². The van der Waals surface area contributed by atoms with Crippen molar-refractivity contribution in [3.05, 3.63) is 41.6 Å². The third-order valence-electron chi connectivity index (χ3n) is 7.19. The van der Waals surface area contributed by atoms with E-state index in [1.54, 1.807) is 29.2 Å². The van der Waals surface area contributed by atoms with Crippen LogP contribution in [0.15, 0.2) is 30.5 Å². The molecule has 0 unspecified atom stereocenters. The quantitative estimate of drug-likeness (QED) is 0.460. The SMILES string of the molecule is C.CNC(=O)[C@H]1CCCCC[C@H]1Nc1nc(Nc2ccc(C(=O)N3CCN(C)CC3)cc2)ncc1C(F)(F)F. The summed E-state index contributed by atoms with van der Waals surface area (Å²) < 4.78 is 41.4. The fraction of sp³-hybridized carbons (Fsp3) is 0.556. The zero-order valence-electron chi connectivity index (χ0n) is 21.6. The monoisotopic (exact) mass is 549 g/mol. The predicted octanol–water partition coefficient (Wildman–Crippen LogP) is 4.37. The molecule has 2 amide bonds. The Kier molecular flexibility index (Phi) is 10.1. The smallest absolute Gasteiger partial charge is 0.366 e. The van der Waals surface area contributed by atoms with Gasteiger partial charge in [-0.2, -0.15) is 18.2 Å². The third kappa shape index (κ3) is 7.59. The lowest BCUT2D eigenvalue weighted by Gasteiger charge is -2.32. The number of piperazine rings is 1. The number of carbonyl (C=O) groups excluding carboxylic acids is 2. The Balaban J connectivity index is 0.00000420. The van der Waals surface area contributed by atoms with Crippen molar-refractivity contribution in [2.75, 3.05) is 50.9 Å². The molecule has 3 N–H and O–H groups in total. The maximum absolute atomic E-state index is 13.8. The first-order chi connectivity index (χ1) is 18.2. The van der Waals surface area contributed by atoms with Crippen LogP contribution in [0.3, 0.4) is 0 Å². The van der Waals surface area contributed by atoms with E-state index in [4.69, 9.17) is 0 Å². The average molecular weight is 550 g/mol. The molecular weight excluding hydrogens is 511 g/mol. The molecule has 12 heteroatoms. The van der Waals surface area contributed by atoms with E-state index in [-0.39, 0.29) is 31.0 Å². The molecule has 2 atom stereocenters. The maximum Gasteiger partial charge on any atom is 0.421 e.